The molecule has 0 atom stereocenters. The number of carbonyl (C=O) groups excluding carboxylic acids is 1. The van der Waals surface area contributed by atoms with Crippen LogP contribution in [0.1, 0.15) is 22.9 Å². The molecule has 2 aromatic rings. The Labute approximate surface area is 123 Å². The highest BCUT2D eigenvalue weighted by Crippen LogP contribution is 2.25. The van der Waals surface area contributed by atoms with Gasteiger partial charge in [-0.25, -0.2) is 0 Å². The van der Waals surface area contributed by atoms with E-state index in [1.807, 2.05) is 23.5 Å². The van der Waals surface area contributed by atoms with E-state index >= 15 is 0 Å². The molecule has 2 heterocycles. The average Bonchev–Trinajstić information content (AvgIpc) is 2.88. The zero-order chi connectivity index (χ0) is 13.9. The first-order chi connectivity index (χ1) is 9.70. The maximum absolute atomic E-state index is 11.0. The van der Waals surface area contributed by atoms with Gasteiger partial charge < -0.3 is 5.32 Å². The SMILES string of the molecule is CC(=O)Nc1ccc(CN2CCc3sccc3C2)cc1. The molecule has 0 saturated heterocycles. The normalized spacial score (nSPS) is 14.8. The lowest BCUT2D eigenvalue weighted by atomic mass is 10.1. The van der Waals surface area contributed by atoms with Gasteiger partial charge in [0.1, 0.15) is 0 Å². The number of thiophene rings is 1. The smallest absolute Gasteiger partial charge is 0.221 e. The Morgan fingerprint density at radius 3 is 2.85 bits per heavy atom. The molecule has 20 heavy (non-hydrogen) atoms. The molecule has 4 heteroatoms. The average molecular weight is 286 g/mol. The second-order valence-electron chi connectivity index (χ2n) is 5.21. The summed E-state index contributed by atoms with van der Waals surface area (Å²) in [6.45, 7) is 4.67. The van der Waals surface area contributed by atoms with Crippen LogP contribution in [-0.4, -0.2) is 17.4 Å². The first-order valence-corrected chi connectivity index (χ1v) is 7.73. The molecule has 3 rings (SSSR count). The van der Waals surface area contributed by atoms with Crippen molar-refractivity contribution < 1.29 is 4.79 Å². The molecule has 0 spiro atoms. The van der Waals surface area contributed by atoms with Crippen molar-refractivity contribution in [1.82, 2.24) is 4.90 Å². The lowest BCUT2D eigenvalue weighted by molar-refractivity contribution is -0.114. The number of hydrogen-bond donors (Lipinski definition) is 1. The fraction of sp³-hybridized carbons (Fsp3) is 0.312. The van der Waals surface area contributed by atoms with Crippen molar-refractivity contribution in [1.29, 1.82) is 0 Å². The number of nitrogens with one attached hydrogen (secondary N) is 1. The minimum Gasteiger partial charge on any atom is -0.326 e. The van der Waals surface area contributed by atoms with Crippen LogP contribution < -0.4 is 5.32 Å². The van der Waals surface area contributed by atoms with Gasteiger partial charge in [-0.1, -0.05) is 12.1 Å². The van der Waals surface area contributed by atoms with E-state index in [1.165, 1.54) is 18.1 Å². The summed E-state index contributed by atoms with van der Waals surface area (Å²) in [5.74, 6) is -0.0289. The van der Waals surface area contributed by atoms with Crippen molar-refractivity contribution in [2.75, 3.05) is 11.9 Å². The predicted molar refractivity (Wildman–Crippen MR) is 82.9 cm³/mol. The fourth-order valence-corrected chi connectivity index (χ4v) is 3.49. The third-order valence-corrected chi connectivity index (χ3v) is 4.59. The van der Waals surface area contributed by atoms with Crippen molar-refractivity contribution in [3.63, 3.8) is 0 Å². The molecular weight excluding hydrogens is 268 g/mol. The zero-order valence-electron chi connectivity index (χ0n) is 11.6. The van der Waals surface area contributed by atoms with Crippen LogP contribution >= 0.6 is 11.3 Å². The van der Waals surface area contributed by atoms with E-state index in [0.29, 0.717) is 0 Å². The molecule has 1 aromatic carbocycles. The molecule has 0 fully saturated rings. The predicted octanol–water partition coefficient (Wildman–Crippen LogP) is 3.26. The van der Waals surface area contributed by atoms with E-state index in [1.54, 1.807) is 4.88 Å². The topological polar surface area (TPSA) is 32.3 Å². The summed E-state index contributed by atoms with van der Waals surface area (Å²) in [7, 11) is 0. The quantitative estimate of drug-likeness (QED) is 0.939. The number of rotatable bonds is 3. The highest BCUT2D eigenvalue weighted by atomic mass is 32.1. The van der Waals surface area contributed by atoms with Crippen LogP contribution in [0.15, 0.2) is 35.7 Å². The molecule has 0 saturated carbocycles. The lowest BCUT2D eigenvalue weighted by Gasteiger charge is -2.26. The number of amides is 1. The number of carbonyl (C=O) groups is 1. The number of anilines is 1. The summed E-state index contributed by atoms with van der Waals surface area (Å²) in [4.78, 5) is 15.0. The van der Waals surface area contributed by atoms with Crippen LogP contribution in [0.5, 0.6) is 0 Å². The second-order valence-corrected chi connectivity index (χ2v) is 6.21. The van der Waals surface area contributed by atoms with Crippen LogP contribution in [0.25, 0.3) is 0 Å². The van der Waals surface area contributed by atoms with E-state index in [9.17, 15) is 4.79 Å². The van der Waals surface area contributed by atoms with Crippen molar-refractivity contribution in [2.24, 2.45) is 0 Å². The van der Waals surface area contributed by atoms with Gasteiger partial charge in [0.2, 0.25) is 5.91 Å². The molecule has 0 unspecified atom stereocenters. The van der Waals surface area contributed by atoms with Gasteiger partial charge >= 0.3 is 0 Å². The molecule has 1 N–H and O–H groups in total. The summed E-state index contributed by atoms with van der Waals surface area (Å²) < 4.78 is 0. The van der Waals surface area contributed by atoms with Gasteiger partial charge in [-0.3, -0.25) is 9.69 Å². The molecule has 1 aliphatic rings. The van der Waals surface area contributed by atoms with Crippen molar-refractivity contribution in [2.45, 2.75) is 26.4 Å². The fourth-order valence-electron chi connectivity index (χ4n) is 2.60. The van der Waals surface area contributed by atoms with Gasteiger partial charge in [0.15, 0.2) is 0 Å². The maximum atomic E-state index is 11.0. The minimum atomic E-state index is -0.0289. The van der Waals surface area contributed by atoms with E-state index in [0.717, 1.165) is 31.7 Å². The zero-order valence-corrected chi connectivity index (χ0v) is 12.4. The van der Waals surface area contributed by atoms with Crippen molar-refractivity contribution >= 4 is 22.9 Å². The number of nitrogens with zero attached hydrogens (tertiary/aromatic N) is 1. The van der Waals surface area contributed by atoms with Gasteiger partial charge in [0.25, 0.3) is 0 Å². The highest BCUT2D eigenvalue weighted by Gasteiger charge is 2.16. The van der Waals surface area contributed by atoms with Crippen LogP contribution in [-0.2, 0) is 24.3 Å². The molecule has 104 valence electrons. The number of fused-ring (bicyclic) bond motifs is 1. The van der Waals surface area contributed by atoms with Crippen LogP contribution in [0.4, 0.5) is 5.69 Å². The van der Waals surface area contributed by atoms with Gasteiger partial charge in [-0.15, -0.1) is 11.3 Å². The van der Waals surface area contributed by atoms with E-state index in [4.69, 9.17) is 0 Å². The summed E-state index contributed by atoms with van der Waals surface area (Å²) in [5.41, 5.74) is 3.63. The molecule has 1 aliphatic heterocycles. The van der Waals surface area contributed by atoms with Crippen LogP contribution in [0.3, 0.4) is 0 Å². The second kappa shape index (κ2) is 5.77. The third kappa shape index (κ3) is 3.08. The molecular formula is C16H18N2OS. The first kappa shape index (κ1) is 13.3. The Bertz CT molecular complexity index is 603. The standard InChI is InChI=1S/C16H18N2OS/c1-12(19)17-15-4-2-13(3-5-15)10-18-8-6-16-14(11-18)7-9-20-16/h2-5,7,9H,6,8,10-11H2,1H3,(H,17,19). The van der Waals surface area contributed by atoms with E-state index in [-0.39, 0.29) is 5.91 Å². The summed E-state index contributed by atoms with van der Waals surface area (Å²) >= 11 is 1.87. The van der Waals surface area contributed by atoms with E-state index < -0.39 is 0 Å². The monoisotopic (exact) mass is 286 g/mol. The van der Waals surface area contributed by atoms with Crippen molar-refractivity contribution in [3.8, 4) is 0 Å². The summed E-state index contributed by atoms with van der Waals surface area (Å²) in [6, 6.07) is 10.4. The molecule has 3 nitrogen and oxygen atoms in total. The lowest BCUT2D eigenvalue weighted by Crippen LogP contribution is -2.29. The summed E-state index contributed by atoms with van der Waals surface area (Å²) in [6.07, 6.45) is 1.16. The molecule has 1 amide bonds. The van der Waals surface area contributed by atoms with Crippen molar-refractivity contribution in [3.05, 3.63) is 51.7 Å². The Hall–Kier alpha value is -1.65. The van der Waals surface area contributed by atoms with Crippen LogP contribution in [0.2, 0.25) is 0 Å². The Morgan fingerprint density at radius 1 is 1.30 bits per heavy atom. The Morgan fingerprint density at radius 2 is 2.10 bits per heavy atom. The van der Waals surface area contributed by atoms with Gasteiger partial charge in [0, 0.05) is 37.1 Å². The van der Waals surface area contributed by atoms with Gasteiger partial charge in [0.05, 0.1) is 0 Å². The van der Waals surface area contributed by atoms with Gasteiger partial charge in [-0.05, 0) is 41.1 Å². The largest absolute Gasteiger partial charge is 0.326 e. The Balaban J connectivity index is 1.62. The highest BCUT2D eigenvalue weighted by molar-refractivity contribution is 7.10. The first-order valence-electron chi connectivity index (χ1n) is 6.85. The molecule has 0 bridgehead atoms. The number of hydrogen-bond acceptors (Lipinski definition) is 3. The molecule has 0 aliphatic carbocycles. The minimum absolute atomic E-state index is 0.0289. The van der Waals surface area contributed by atoms with E-state index in [2.05, 4.69) is 33.8 Å². The maximum Gasteiger partial charge on any atom is 0.221 e. The number of benzene rings is 1. The van der Waals surface area contributed by atoms with Gasteiger partial charge in [-0.2, -0.15) is 0 Å². The molecule has 1 aromatic heterocycles. The Kier molecular flexibility index (Phi) is 3.85. The molecule has 0 radical (unpaired) electrons. The third-order valence-electron chi connectivity index (χ3n) is 3.57. The summed E-state index contributed by atoms with van der Waals surface area (Å²) in [5, 5.41) is 4.98. The van der Waals surface area contributed by atoms with Crippen LogP contribution in [0, 0.1) is 0 Å².